The van der Waals surface area contributed by atoms with Crippen molar-refractivity contribution in [2.24, 2.45) is 0 Å². The number of halogens is 3. The maximum absolute atomic E-state index is 12.3. The van der Waals surface area contributed by atoms with Crippen molar-refractivity contribution in [3.8, 4) is 5.75 Å². The SMILES string of the molecule is O=C(O)Cc1ccccc1OCc1cc(Cl)cc(NCC(F)F)c1. The quantitative estimate of drug-likeness (QED) is 0.744. The smallest absolute Gasteiger partial charge is 0.307 e. The fourth-order valence-corrected chi connectivity index (χ4v) is 2.40. The molecule has 2 N–H and O–H groups in total. The van der Waals surface area contributed by atoms with Gasteiger partial charge in [0.05, 0.1) is 13.0 Å². The van der Waals surface area contributed by atoms with E-state index in [1.807, 2.05) is 0 Å². The lowest BCUT2D eigenvalue weighted by Gasteiger charge is -2.12. The van der Waals surface area contributed by atoms with Gasteiger partial charge in [-0.3, -0.25) is 4.79 Å². The van der Waals surface area contributed by atoms with Gasteiger partial charge in [-0.15, -0.1) is 0 Å². The van der Waals surface area contributed by atoms with E-state index in [4.69, 9.17) is 21.4 Å². The molecule has 7 heteroatoms. The number of carboxylic acids is 1. The Morgan fingerprint density at radius 3 is 2.71 bits per heavy atom. The zero-order chi connectivity index (χ0) is 17.5. The second-order valence-electron chi connectivity index (χ2n) is 5.09. The van der Waals surface area contributed by atoms with Crippen molar-refractivity contribution < 1.29 is 23.4 Å². The molecule has 2 rings (SSSR count). The van der Waals surface area contributed by atoms with E-state index in [9.17, 15) is 13.6 Å². The standard InChI is InChI=1S/C17H16ClF2NO3/c18-13-5-11(6-14(8-13)21-9-16(19)20)10-24-15-4-2-1-3-12(15)7-17(22)23/h1-6,8,16,21H,7,9-10H2,(H,22,23). The Morgan fingerprint density at radius 2 is 2.00 bits per heavy atom. The Hall–Kier alpha value is -2.34. The molecule has 0 spiro atoms. The fraction of sp³-hybridized carbons (Fsp3) is 0.235. The van der Waals surface area contributed by atoms with E-state index >= 15 is 0 Å². The van der Waals surface area contributed by atoms with E-state index in [1.54, 1.807) is 42.5 Å². The summed E-state index contributed by atoms with van der Waals surface area (Å²) in [6.07, 6.45) is -2.61. The first kappa shape index (κ1) is 18.0. The lowest BCUT2D eigenvalue weighted by Crippen LogP contribution is -2.10. The third-order valence-electron chi connectivity index (χ3n) is 3.13. The molecular weight excluding hydrogens is 340 g/mol. The van der Waals surface area contributed by atoms with Gasteiger partial charge in [-0.05, 0) is 29.8 Å². The fourth-order valence-electron chi connectivity index (χ4n) is 2.15. The number of hydrogen-bond donors (Lipinski definition) is 2. The zero-order valence-corrected chi connectivity index (χ0v) is 13.4. The van der Waals surface area contributed by atoms with Crippen LogP contribution in [0, 0.1) is 0 Å². The summed E-state index contributed by atoms with van der Waals surface area (Å²) in [6.45, 7) is -0.331. The van der Waals surface area contributed by atoms with Crippen LogP contribution in [-0.4, -0.2) is 24.0 Å². The first-order valence-electron chi connectivity index (χ1n) is 7.18. The summed E-state index contributed by atoms with van der Waals surface area (Å²) >= 11 is 5.99. The summed E-state index contributed by atoms with van der Waals surface area (Å²) in [4.78, 5) is 10.9. The van der Waals surface area contributed by atoms with Crippen LogP contribution in [-0.2, 0) is 17.8 Å². The average Bonchev–Trinajstić information content (AvgIpc) is 2.51. The van der Waals surface area contributed by atoms with Crippen LogP contribution in [0.2, 0.25) is 5.02 Å². The molecule has 2 aromatic carbocycles. The number of anilines is 1. The van der Waals surface area contributed by atoms with Crippen molar-refractivity contribution in [3.05, 3.63) is 58.6 Å². The number of carboxylic acid groups (broad SMARTS) is 1. The molecule has 0 aliphatic rings. The molecular formula is C17H16ClF2NO3. The Balaban J connectivity index is 2.08. The number of ether oxygens (including phenoxy) is 1. The molecule has 0 aliphatic carbocycles. The summed E-state index contributed by atoms with van der Waals surface area (Å²) in [5.74, 6) is -0.491. The summed E-state index contributed by atoms with van der Waals surface area (Å²) in [5, 5.41) is 11.9. The van der Waals surface area contributed by atoms with Gasteiger partial charge < -0.3 is 15.2 Å². The predicted molar refractivity (Wildman–Crippen MR) is 88.1 cm³/mol. The minimum absolute atomic E-state index is 0.139. The molecule has 0 saturated carbocycles. The van der Waals surface area contributed by atoms with Gasteiger partial charge in [0.15, 0.2) is 0 Å². The second kappa shape index (κ2) is 8.49. The maximum Gasteiger partial charge on any atom is 0.307 e. The first-order chi connectivity index (χ1) is 11.4. The minimum Gasteiger partial charge on any atom is -0.489 e. The van der Waals surface area contributed by atoms with Crippen LogP contribution in [0.1, 0.15) is 11.1 Å². The van der Waals surface area contributed by atoms with Gasteiger partial charge in [-0.2, -0.15) is 0 Å². The highest BCUT2D eigenvalue weighted by atomic mass is 35.5. The Bertz CT molecular complexity index is 710. The number of benzene rings is 2. The number of alkyl halides is 2. The lowest BCUT2D eigenvalue weighted by molar-refractivity contribution is -0.136. The van der Waals surface area contributed by atoms with Crippen LogP contribution < -0.4 is 10.1 Å². The van der Waals surface area contributed by atoms with E-state index in [0.29, 0.717) is 27.6 Å². The summed E-state index contributed by atoms with van der Waals surface area (Å²) in [5.41, 5.74) is 1.72. The molecule has 0 aromatic heterocycles. The number of hydrogen-bond acceptors (Lipinski definition) is 3. The van der Waals surface area contributed by atoms with Gasteiger partial charge in [0.25, 0.3) is 6.43 Å². The van der Waals surface area contributed by atoms with E-state index in [0.717, 1.165) is 0 Å². The van der Waals surface area contributed by atoms with Gasteiger partial charge in [-0.1, -0.05) is 29.8 Å². The van der Waals surface area contributed by atoms with Crippen LogP contribution in [0.5, 0.6) is 5.75 Å². The number of rotatable bonds is 8. The molecule has 128 valence electrons. The lowest BCUT2D eigenvalue weighted by atomic mass is 10.1. The molecule has 24 heavy (non-hydrogen) atoms. The zero-order valence-electron chi connectivity index (χ0n) is 12.6. The van der Waals surface area contributed by atoms with Crippen molar-refractivity contribution in [2.45, 2.75) is 19.5 Å². The Morgan fingerprint density at radius 1 is 1.25 bits per heavy atom. The van der Waals surface area contributed by atoms with Crippen LogP contribution in [0.4, 0.5) is 14.5 Å². The molecule has 0 bridgehead atoms. The van der Waals surface area contributed by atoms with E-state index < -0.39 is 18.9 Å². The largest absolute Gasteiger partial charge is 0.489 e. The molecule has 4 nitrogen and oxygen atoms in total. The van der Waals surface area contributed by atoms with Crippen molar-refractivity contribution in [2.75, 3.05) is 11.9 Å². The summed E-state index contributed by atoms with van der Waals surface area (Å²) in [6, 6.07) is 11.7. The summed E-state index contributed by atoms with van der Waals surface area (Å²) in [7, 11) is 0. The third kappa shape index (κ3) is 5.70. The highest BCUT2D eigenvalue weighted by Gasteiger charge is 2.09. The Labute approximate surface area is 143 Å². The number of para-hydroxylation sites is 1. The minimum atomic E-state index is -2.47. The Kier molecular flexibility index (Phi) is 6.37. The van der Waals surface area contributed by atoms with Crippen molar-refractivity contribution in [1.82, 2.24) is 0 Å². The molecule has 0 aliphatic heterocycles. The maximum atomic E-state index is 12.3. The van der Waals surface area contributed by atoms with E-state index in [2.05, 4.69) is 5.32 Å². The predicted octanol–water partition coefficient (Wildman–Crippen LogP) is 4.22. The molecule has 0 atom stereocenters. The third-order valence-corrected chi connectivity index (χ3v) is 3.34. The average molecular weight is 356 g/mol. The van der Waals surface area contributed by atoms with Gasteiger partial charge in [-0.25, -0.2) is 8.78 Å². The van der Waals surface area contributed by atoms with E-state index in [1.165, 1.54) is 0 Å². The molecule has 0 saturated heterocycles. The van der Waals surface area contributed by atoms with Crippen molar-refractivity contribution in [3.63, 3.8) is 0 Å². The highest BCUT2D eigenvalue weighted by Crippen LogP contribution is 2.23. The van der Waals surface area contributed by atoms with Crippen LogP contribution in [0.3, 0.4) is 0 Å². The number of nitrogens with one attached hydrogen (secondary N) is 1. The summed E-state index contributed by atoms with van der Waals surface area (Å²) < 4.78 is 30.2. The van der Waals surface area contributed by atoms with E-state index in [-0.39, 0.29) is 13.0 Å². The van der Waals surface area contributed by atoms with Crippen molar-refractivity contribution in [1.29, 1.82) is 0 Å². The molecule has 2 aromatic rings. The molecule has 0 unspecified atom stereocenters. The molecule has 0 radical (unpaired) electrons. The van der Waals surface area contributed by atoms with Gasteiger partial charge >= 0.3 is 5.97 Å². The molecule has 0 amide bonds. The van der Waals surface area contributed by atoms with Crippen molar-refractivity contribution >= 4 is 23.3 Å². The number of aliphatic carboxylic acids is 1. The molecule has 0 fully saturated rings. The molecule has 0 heterocycles. The normalized spacial score (nSPS) is 10.7. The highest BCUT2D eigenvalue weighted by molar-refractivity contribution is 6.30. The van der Waals surface area contributed by atoms with Crippen LogP contribution in [0.15, 0.2) is 42.5 Å². The second-order valence-corrected chi connectivity index (χ2v) is 5.52. The van der Waals surface area contributed by atoms with Crippen LogP contribution >= 0.6 is 11.6 Å². The van der Waals surface area contributed by atoms with Gasteiger partial charge in [0.2, 0.25) is 0 Å². The topological polar surface area (TPSA) is 58.6 Å². The van der Waals surface area contributed by atoms with Gasteiger partial charge in [0.1, 0.15) is 12.4 Å². The van der Waals surface area contributed by atoms with Gasteiger partial charge in [0, 0.05) is 16.3 Å². The number of carbonyl (C=O) groups is 1. The monoisotopic (exact) mass is 355 g/mol. The van der Waals surface area contributed by atoms with Crippen LogP contribution in [0.25, 0.3) is 0 Å². The first-order valence-corrected chi connectivity index (χ1v) is 7.56.